The first-order valence-electron chi connectivity index (χ1n) is 9.08. The summed E-state index contributed by atoms with van der Waals surface area (Å²) in [5.41, 5.74) is 0.793. The van der Waals surface area contributed by atoms with Crippen molar-refractivity contribution in [2.75, 3.05) is 31.6 Å². The van der Waals surface area contributed by atoms with Crippen molar-refractivity contribution >= 4 is 23.5 Å². The highest BCUT2D eigenvalue weighted by Gasteiger charge is 2.62. The standard InChI is InChI=1S/C19H24N4O3/c1-12(2)23-17(25)19(16(24)20-18(23)26)10-13-6-4-5-7-14(13)22-9-8-21(3)11-15(19)22/h4-7,12,15H,8-11H2,1-3H3,(H,20,24,26)/t15-,19+/m1/s1. The van der Waals surface area contributed by atoms with Gasteiger partial charge < -0.3 is 9.80 Å². The molecule has 138 valence electrons. The van der Waals surface area contributed by atoms with E-state index in [0.717, 1.165) is 24.3 Å². The third-order valence-corrected chi connectivity index (χ3v) is 5.88. The normalized spacial score (nSPS) is 29.1. The fourth-order valence-corrected chi connectivity index (χ4v) is 4.58. The molecule has 0 radical (unpaired) electrons. The number of imide groups is 2. The molecule has 3 aliphatic heterocycles. The van der Waals surface area contributed by atoms with Crippen LogP contribution < -0.4 is 10.2 Å². The van der Waals surface area contributed by atoms with Crippen LogP contribution in [-0.2, 0) is 16.0 Å². The number of rotatable bonds is 1. The van der Waals surface area contributed by atoms with Crippen LogP contribution in [0.4, 0.5) is 10.5 Å². The summed E-state index contributed by atoms with van der Waals surface area (Å²) in [6, 6.07) is 6.73. The largest absolute Gasteiger partial charge is 0.364 e. The minimum atomic E-state index is -1.28. The summed E-state index contributed by atoms with van der Waals surface area (Å²) in [5.74, 6) is -0.842. The first-order chi connectivity index (χ1) is 12.4. The minimum absolute atomic E-state index is 0.294. The van der Waals surface area contributed by atoms with Crippen molar-refractivity contribution in [3.05, 3.63) is 29.8 Å². The van der Waals surface area contributed by atoms with Crippen LogP contribution in [0.1, 0.15) is 19.4 Å². The predicted molar refractivity (Wildman–Crippen MR) is 96.7 cm³/mol. The third-order valence-electron chi connectivity index (χ3n) is 5.88. The molecule has 2 fully saturated rings. The molecule has 1 spiro atoms. The van der Waals surface area contributed by atoms with Crippen molar-refractivity contribution in [3.8, 4) is 0 Å². The summed E-state index contributed by atoms with van der Waals surface area (Å²) >= 11 is 0. The van der Waals surface area contributed by atoms with Gasteiger partial charge in [-0.1, -0.05) is 18.2 Å². The van der Waals surface area contributed by atoms with Crippen LogP contribution in [0.5, 0.6) is 0 Å². The molecule has 2 saturated heterocycles. The maximum Gasteiger partial charge on any atom is 0.331 e. The van der Waals surface area contributed by atoms with Gasteiger partial charge in [0.25, 0.3) is 0 Å². The molecule has 1 N–H and O–H groups in total. The molecular weight excluding hydrogens is 332 g/mol. The van der Waals surface area contributed by atoms with Crippen molar-refractivity contribution in [1.82, 2.24) is 15.1 Å². The number of piperazine rings is 1. The highest BCUT2D eigenvalue weighted by molar-refractivity contribution is 6.20. The number of urea groups is 1. The van der Waals surface area contributed by atoms with Gasteiger partial charge >= 0.3 is 6.03 Å². The summed E-state index contributed by atoms with van der Waals surface area (Å²) in [6.45, 7) is 5.80. The molecule has 0 aliphatic carbocycles. The lowest BCUT2D eigenvalue weighted by Gasteiger charge is -2.55. The molecule has 1 aromatic rings. The van der Waals surface area contributed by atoms with E-state index >= 15 is 0 Å². The summed E-state index contributed by atoms with van der Waals surface area (Å²) in [5, 5.41) is 2.46. The number of carbonyl (C=O) groups excluding carboxylic acids is 3. The first-order valence-corrected chi connectivity index (χ1v) is 9.08. The zero-order chi connectivity index (χ0) is 18.6. The van der Waals surface area contributed by atoms with E-state index in [0.29, 0.717) is 13.0 Å². The molecule has 0 saturated carbocycles. The molecule has 4 rings (SSSR count). The number of benzene rings is 1. The van der Waals surface area contributed by atoms with Crippen molar-refractivity contribution in [1.29, 1.82) is 0 Å². The molecule has 0 aromatic heterocycles. The van der Waals surface area contributed by atoms with Gasteiger partial charge in [0, 0.05) is 31.4 Å². The Bertz CT molecular complexity index is 793. The SMILES string of the molecule is CC(C)N1C(=O)NC(=O)[C@@]2(Cc3ccccc3N3CCN(C)C[C@@H]32)C1=O. The second-order valence-corrected chi connectivity index (χ2v) is 7.78. The number of hydrogen-bond acceptors (Lipinski definition) is 5. The molecule has 26 heavy (non-hydrogen) atoms. The third kappa shape index (κ3) is 2.19. The Hall–Kier alpha value is -2.41. The van der Waals surface area contributed by atoms with Crippen LogP contribution in [0.25, 0.3) is 0 Å². The molecule has 3 heterocycles. The molecular formula is C19H24N4O3. The number of amides is 4. The van der Waals surface area contributed by atoms with Gasteiger partial charge in [0.15, 0.2) is 5.41 Å². The van der Waals surface area contributed by atoms with Gasteiger partial charge in [0.05, 0.1) is 6.04 Å². The molecule has 4 amide bonds. The number of nitrogens with zero attached hydrogens (tertiary/aromatic N) is 3. The average Bonchev–Trinajstić information content (AvgIpc) is 2.59. The topological polar surface area (TPSA) is 73.0 Å². The molecule has 0 bridgehead atoms. The van der Waals surface area contributed by atoms with Crippen LogP contribution in [0, 0.1) is 5.41 Å². The predicted octanol–water partition coefficient (Wildman–Crippen LogP) is 0.836. The summed E-state index contributed by atoms with van der Waals surface area (Å²) in [4.78, 5) is 44.5. The van der Waals surface area contributed by atoms with Gasteiger partial charge in [-0.2, -0.15) is 0 Å². The molecule has 2 atom stereocenters. The number of hydrogen-bond donors (Lipinski definition) is 1. The molecule has 7 heteroatoms. The number of carbonyl (C=O) groups is 3. The fourth-order valence-electron chi connectivity index (χ4n) is 4.58. The highest BCUT2D eigenvalue weighted by Crippen LogP contribution is 2.45. The highest BCUT2D eigenvalue weighted by atomic mass is 16.2. The fraction of sp³-hybridized carbons (Fsp3) is 0.526. The smallest absolute Gasteiger partial charge is 0.331 e. The number of nitrogens with one attached hydrogen (secondary N) is 1. The second kappa shape index (κ2) is 5.81. The number of anilines is 1. The van der Waals surface area contributed by atoms with Crippen molar-refractivity contribution in [3.63, 3.8) is 0 Å². The molecule has 0 unspecified atom stereocenters. The lowest BCUT2D eigenvalue weighted by atomic mass is 9.67. The van der Waals surface area contributed by atoms with Gasteiger partial charge in [-0.05, 0) is 38.9 Å². The van der Waals surface area contributed by atoms with Crippen molar-refractivity contribution in [2.45, 2.75) is 32.4 Å². The molecule has 1 aromatic carbocycles. The van der Waals surface area contributed by atoms with Gasteiger partial charge in [0.1, 0.15) is 0 Å². The van der Waals surface area contributed by atoms with Crippen molar-refractivity contribution in [2.24, 2.45) is 5.41 Å². The van der Waals surface area contributed by atoms with E-state index in [1.54, 1.807) is 13.8 Å². The summed E-state index contributed by atoms with van der Waals surface area (Å²) < 4.78 is 0. The molecule has 7 nitrogen and oxygen atoms in total. The van der Waals surface area contributed by atoms with Gasteiger partial charge in [-0.15, -0.1) is 0 Å². The second-order valence-electron chi connectivity index (χ2n) is 7.78. The van der Waals surface area contributed by atoms with Crippen LogP contribution in [0.3, 0.4) is 0 Å². The van der Waals surface area contributed by atoms with Crippen LogP contribution in [0.15, 0.2) is 24.3 Å². The number of fused-ring (bicyclic) bond motifs is 4. The molecule has 3 aliphatic rings. The van der Waals surface area contributed by atoms with Crippen molar-refractivity contribution < 1.29 is 14.4 Å². The zero-order valence-electron chi connectivity index (χ0n) is 15.4. The van der Waals surface area contributed by atoms with E-state index in [-0.39, 0.29) is 18.0 Å². The Kier molecular flexibility index (Phi) is 3.80. The summed E-state index contributed by atoms with van der Waals surface area (Å²) in [6.07, 6.45) is 0.319. The lowest BCUT2D eigenvalue weighted by Crippen LogP contribution is -2.75. The Balaban J connectivity index is 1.89. The maximum atomic E-state index is 13.5. The van der Waals surface area contributed by atoms with Crippen LogP contribution in [-0.4, -0.2) is 66.4 Å². The average molecular weight is 356 g/mol. The first kappa shape index (κ1) is 17.0. The minimum Gasteiger partial charge on any atom is -0.364 e. The number of para-hydroxylation sites is 1. The monoisotopic (exact) mass is 356 g/mol. The van der Waals surface area contributed by atoms with Crippen LogP contribution in [0.2, 0.25) is 0 Å². The van der Waals surface area contributed by atoms with Crippen LogP contribution >= 0.6 is 0 Å². The van der Waals surface area contributed by atoms with E-state index in [2.05, 4.69) is 21.2 Å². The Morgan fingerprint density at radius 1 is 1.15 bits per heavy atom. The van der Waals surface area contributed by atoms with E-state index in [4.69, 9.17) is 0 Å². The van der Waals surface area contributed by atoms with Gasteiger partial charge in [-0.3, -0.25) is 19.8 Å². The Morgan fingerprint density at radius 3 is 2.62 bits per heavy atom. The van der Waals surface area contributed by atoms with Gasteiger partial charge in [-0.25, -0.2) is 4.79 Å². The number of barbiturate groups is 1. The summed E-state index contributed by atoms with van der Waals surface area (Å²) in [7, 11) is 2.00. The zero-order valence-corrected chi connectivity index (χ0v) is 15.4. The van der Waals surface area contributed by atoms with Gasteiger partial charge in [0.2, 0.25) is 11.8 Å². The lowest BCUT2D eigenvalue weighted by molar-refractivity contribution is -0.155. The number of likely N-dealkylation sites (N-methyl/N-ethyl adjacent to an activating group) is 1. The maximum absolute atomic E-state index is 13.5. The Morgan fingerprint density at radius 2 is 1.88 bits per heavy atom. The van der Waals surface area contributed by atoms with E-state index in [1.807, 2.05) is 25.2 Å². The Labute approximate surface area is 152 Å². The van der Waals surface area contributed by atoms with E-state index < -0.39 is 17.4 Å². The van der Waals surface area contributed by atoms with E-state index in [9.17, 15) is 14.4 Å². The quantitative estimate of drug-likeness (QED) is 0.755. The van der Waals surface area contributed by atoms with E-state index in [1.165, 1.54) is 4.90 Å².